The van der Waals surface area contributed by atoms with Crippen molar-refractivity contribution in [2.45, 2.75) is 19.4 Å². The van der Waals surface area contributed by atoms with Gasteiger partial charge in [-0.25, -0.2) is 0 Å². The summed E-state index contributed by atoms with van der Waals surface area (Å²) in [5, 5.41) is 3.50. The first-order chi connectivity index (χ1) is 7.15. The number of hydrogen-bond acceptors (Lipinski definition) is 2. The molecule has 5 heteroatoms. The summed E-state index contributed by atoms with van der Waals surface area (Å²) in [7, 11) is 0. The lowest BCUT2D eigenvalue weighted by atomic mass is 10.1. The second-order valence-corrected chi connectivity index (χ2v) is 3.76. The first-order valence-corrected chi connectivity index (χ1v) is 5.26. The van der Waals surface area contributed by atoms with Gasteiger partial charge in [-0.2, -0.15) is 0 Å². The van der Waals surface area contributed by atoms with Crippen LogP contribution in [0, 0.1) is 0 Å². The van der Waals surface area contributed by atoms with Gasteiger partial charge in [0.05, 0.1) is 6.04 Å². The van der Waals surface area contributed by atoms with Crippen molar-refractivity contribution in [1.82, 2.24) is 5.32 Å². The Balaban J connectivity index is 0.00000225. The number of amides is 1. The zero-order chi connectivity index (χ0) is 11.3. The van der Waals surface area contributed by atoms with Crippen LogP contribution in [0.3, 0.4) is 0 Å². The minimum absolute atomic E-state index is 0. The van der Waals surface area contributed by atoms with E-state index in [1.54, 1.807) is 0 Å². The third-order valence-corrected chi connectivity index (χ3v) is 2.46. The highest BCUT2D eigenvalue weighted by molar-refractivity contribution is 6.31. The van der Waals surface area contributed by atoms with Crippen LogP contribution in [0.15, 0.2) is 24.3 Å². The van der Waals surface area contributed by atoms with Gasteiger partial charge in [-0.1, -0.05) is 29.8 Å². The maximum Gasteiger partial charge on any atom is 0.221 e. The molecular formula is C11H16Cl2N2O. The number of rotatable bonds is 4. The Morgan fingerprint density at radius 2 is 2.12 bits per heavy atom. The van der Waals surface area contributed by atoms with Crippen molar-refractivity contribution in [3.8, 4) is 0 Å². The summed E-state index contributed by atoms with van der Waals surface area (Å²) in [6.07, 6.45) is 0.342. The molecule has 0 aromatic heterocycles. The van der Waals surface area contributed by atoms with Crippen LogP contribution in [0.4, 0.5) is 0 Å². The minimum atomic E-state index is -0.0854. The average molecular weight is 263 g/mol. The van der Waals surface area contributed by atoms with Crippen molar-refractivity contribution in [3.63, 3.8) is 0 Å². The van der Waals surface area contributed by atoms with Gasteiger partial charge in [-0.15, -0.1) is 12.4 Å². The zero-order valence-corrected chi connectivity index (χ0v) is 10.6. The predicted octanol–water partition coefficient (Wildman–Crippen LogP) is 2.29. The van der Waals surface area contributed by atoms with Gasteiger partial charge in [0.2, 0.25) is 5.91 Å². The molecule has 3 N–H and O–H groups in total. The summed E-state index contributed by atoms with van der Waals surface area (Å²) in [4.78, 5) is 11.3. The molecule has 1 unspecified atom stereocenters. The monoisotopic (exact) mass is 262 g/mol. The molecule has 1 aromatic rings. The van der Waals surface area contributed by atoms with E-state index in [9.17, 15) is 4.79 Å². The van der Waals surface area contributed by atoms with Crippen LogP contribution < -0.4 is 11.1 Å². The molecule has 0 aliphatic carbocycles. The van der Waals surface area contributed by atoms with E-state index in [1.165, 1.54) is 0 Å². The lowest BCUT2D eigenvalue weighted by Gasteiger charge is -2.15. The Morgan fingerprint density at radius 3 is 2.69 bits per heavy atom. The maximum absolute atomic E-state index is 11.3. The van der Waals surface area contributed by atoms with Crippen LogP contribution in [-0.4, -0.2) is 12.5 Å². The number of nitrogens with one attached hydrogen (secondary N) is 1. The molecular weight excluding hydrogens is 247 g/mol. The molecule has 0 bridgehead atoms. The van der Waals surface area contributed by atoms with Crippen molar-refractivity contribution in [2.24, 2.45) is 5.73 Å². The van der Waals surface area contributed by atoms with Crippen LogP contribution in [0.25, 0.3) is 0 Å². The summed E-state index contributed by atoms with van der Waals surface area (Å²) in [6.45, 7) is 2.26. The highest BCUT2D eigenvalue weighted by Gasteiger charge is 2.11. The quantitative estimate of drug-likeness (QED) is 0.875. The van der Waals surface area contributed by atoms with Crippen molar-refractivity contribution in [3.05, 3.63) is 34.9 Å². The van der Waals surface area contributed by atoms with Gasteiger partial charge >= 0.3 is 0 Å². The molecule has 0 spiro atoms. The van der Waals surface area contributed by atoms with Crippen LogP contribution in [0.1, 0.15) is 24.9 Å². The van der Waals surface area contributed by atoms with Crippen LogP contribution in [-0.2, 0) is 4.79 Å². The smallest absolute Gasteiger partial charge is 0.221 e. The third-order valence-electron chi connectivity index (χ3n) is 2.12. The van der Waals surface area contributed by atoms with Gasteiger partial charge in [0.25, 0.3) is 0 Å². The highest BCUT2D eigenvalue weighted by atomic mass is 35.5. The number of hydrogen-bond donors (Lipinski definition) is 2. The van der Waals surface area contributed by atoms with Crippen molar-refractivity contribution < 1.29 is 4.79 Å². The lowest BCUT2D eigenvalue weighted by Crippen LogP contribution is -2.28. The standard InChI is InChI=1S/C11H15ClN2O.ClH/c1-8(14-11(15)6-7-13)9-4-2-3-5-10(9)12;/h2-5,8H,6-7,13H2,1H3,(H,14,15);1H. The maximum atomic E-state index is 11.3. The van der Waals surface area contributed by atoms with Crippen LogP contribution in [0.2, 0.25) is 5.02 Å². The average Bonchev–Trinajstić information content (AvgIpc) is 2.18. The molecule has 0 radical (unpaired) electrons. The second kappa shape index (κ2) is 7.49. The molecule has 0 aliphatic heterocycles. The zero-order valence-electron chi connectivity index (χ0n) is 9.07. The van der Waals surface area contributed by atoms with E-state index in [4.69, 9.17) is 17.3 Å². The second-order valence-electron chi connectivity index (χ2n) is 3.35. The Kier molecular flexibility index (Phi) is 7.13. The summed E-state index contributed by atoms with van der Waals surface area (Å²) in [5.41, 5.74) is 6.21. The lowest BCUT2D eigenvalue weighted by molar-refractivity contribution is -0.121. The fourth-order valence-electron chi connectivity index (χ4n) is 1.35. The Morgan fingerprint density at radius 1 is 1.50 bits per heavy atom. The summed E-state index contributed by atoms with van der Waals surface area (Å²) in [6, 6.07) is 7.38. The molecule has 0 saturated carbocycles. The molecule has 1 atom stereocenters. The Hall–Kier alpha value is -0.770. The van der Waals surface area contributed by atoms with E-state index < -0.39 is 0 Å². The summed E-state index contributed by atoms with van der Waals surface area (Å²) >= 11 is 6.00. The van der Waals surface area contributed by atoms with E-state index in [1.807, 2.05) is 31.2 Å². The van der Waals surface area contributed by atoms with Gasteiger partial charge in [0.1, 0.15) is 0 Å². The van der Waals surface area contributed by atoms with Crippen LogP contribution in [0.5, 0.6) is 0 Å². The topological polar surface area (TPSA) is 55.1 Å². The molecule has 0 saturated heterocycles. The first kappa shape index (κ1) is 15.2. The molecule has 3 nitrogen and oxygen atoms in total. The van der Waals surface area contributed by atoms with E-state index >= 15 is 0 Å². The van der Waals surface area contributed by atoms with Crippen molar-refractivity contribution in [1.29, 1.82) is 0 Å². The SMILES string of the molecule is CC(NC(=O)CCN)c1ccccc1Cl.Cl. The fourth-order valence-corrected chi connectivity index (χ4v) is 1.65. The number of carbonyl (C=O) groups excluding carboxylic acids is 1. The van der Waals surface area contributed by atoms with Crippen molar-refractivity contribution >= 4 is 29.9 Å². The highest BCUT2D eigenvalue weighted by Crippen LogP contribution is 2.21. The number of carbonyl (C=O) groups is 1. The number of halogens is 2. The van der Waals surface area contributed by atoms with E-state index in [-0.39, 0.29) is 24.4 Å². The first-order valence-electron chi connectivity index (χ1n) is 4.89. The summed E-state index contributed by atoms with van der Waals surface area (Å²) < 4.78 is 0. The number of nitrogens with two attached hydrogens (primary N) is 1. The largest absolute Gasteiger partial charge is 0.349 e. The molecule has 1 amide bonds. The predicted molar refractivity (Wildman–Crippen MR) is 68.9 cm³/mol. The normalized spacial score (nSPS) is 11.4. The molecule has 16 heavy (non-hydrogen) atoms. The van der Waals surface area contributed by atoms with Gasteiger partial charge in [-0.3, -0.25) is 4.79 Å². The van der Waals surface area contributed by atoms with E-state index in [0.717, 1.165) is 5.56 Å². The van der Waals surface area contributed by atoms with Crippen LogP contribution >= 0.6 is 24.0 Å². The number of benzene rings is 1. The third kappa shape index (κ3) is 4.39. The van der Waals surface area contributed by atoms with Gasteiger partial charge in [0.15, 0.2) is 0 Å². The molecule has 1 aromatic carbocycles. The van der Waals surface area contributed by atoms with Gasteiger partial charge in [-0.05, 0) is 18.6 Å². The molecule has 0 aliphatic rings. The van der Waals surface area contributed by atoms with E-state index in [0.29, 0.717) is 18.0 Å². The van der Waals surface area contributed by atoms with Gasteiger partial charge < -0.3 is 11.1 Å². The fraction of sp³-hybridized carbons (Fsp3) is 0.364. The Bertz CT molecular complexity index is 345. The molecule has 1 rings (SSSR count). The summed E-state index contributed by atoms with van der Waals surface area (Å²) in [5.74, 6) is -0.0510. The van der Waals surface area contributed by atoms with E-state index in [2.05, 4.69) is 5.32 Å². The molecule has 0 fully saturated rings. The molecule has 90 valence electrons. The van der Waals surface area contributed by atoms with Gasteiger partial charge in [0, 0.05) is 18.0 Å². The molecule has 0 heterocycles. The van der Waals surface area contributed by atoms with Crippen molar-refractivity contribution in [2.75, 3.05) is 6.54 Å². The minimum Gasteiger partial charge on any atom is -0.349 e. The Labute approximate surface area is 107 Å².